The first-order valence-corrected chi connectivity index (χ1v) is 14.1. The zero-order valence-electron chi connectivity index (χ0n) is 22.5. The first kappa shape index (κ1) is 22.6. The molecule has 0 aliphatic rings. The van der Waals surface area contributed by atoms with Gasteiger partial charge in [0.2, 0.25) is 0 Å². The molecule has 0 unspecified atom stereocenters. The number of nitrogens with zero attached hydrogens (tertiary/aromatic N) is 5. The predicted molar refractivity (Wildman–Crippen MR) is 169 cm³/mol. The SMILES string of the molecule is c1ccc2c(c1)nc1c3nc(-c4cccc5oc6ccccc6c45)nc(-c4cccc5oc6ccccc6c45)c3ncn21. The molecule has 0 spiro atoms. The first-order valence-electron chi connectivity index (χ1n) is 14.1. The third-order valence-electron chi connectivity index (χ3n) is 8.30. The minimum Gasteiger partial charge on any atom is -0.456 e. The van der Waals surface area contributed by atoms with E-state index in [2.05, 4.69) is 24.3 Å². The van der Waals surface area contributed by atoms with Crippen LogP contribution < -0.4 is 0 Å². The number of imidazole rings is 1. The van der Waals surface area contributed by atoms with Crippen LogP contribution in [0.1, 0.15) is 0 Å². The number of rotatable bonds is 2. The fourth-order valence-electron chi connectivity index (χ4n) is 6.42. The van der Waals surface area contributed by atoms with Crippen molar-refractivity contribution in [1.29, 1.82) is 0 Å². The highest BCUT2D eigenvalue weighted by Gasteiger charge is 2.22. The summed E-state index contributed by atoms with van der Waals surface area (Å²) < 4.78 is 14.5. The molecule has 0 radical (unpaired) electrons. The number of fused-ring (bicyclic) bond motifs is 11. The minimum absolute atomic E-state index is 0.575. The van der Waals surface area contributed by atoms with Crippen molar-refractivity contribution in [3.05, 3.63) is 116 Å². The monoisotopic (exact) mass is 553 g/mol. The lowest BCUT2D eigenvalue weighted by molar-refractivity contribution is 0.668. The normalized spacial score (nSPS) is 12.2. The highest BCUT2D eigenvalue weighted by atomic mass is 16.3. The Kier molecular flexibility index (Phi) is 4.33. The summed E-state index contributed by atoms with van der Waals surface area (Å²) >= 11 is 0. The highest BCUT2D eigenvalue weighted by Crippen LogP contribution is 2.41. The number of furan rings is 2. The highest BCUT2D eigenvalue weighted by molar-refractivity contribution is 6.16. The summed E-state index contributed by atoms with van der Waals surface area (Å²) in [6, 6.07) is 36.3. The van der Waals surface area contributed by atoms with E-state index < -0.39 is 0 Å². The van der Waals surface area contributed by atoms with Gasteiger partial charge in [-0.1, -0.05) is 72.8 Å². The van der Waals surface area contributed by atoms with Crippen molar-refractivity contribution in [3.63, 3.8) is 0 Å². The second-order valence-electron chi connectivity index (χ2n) is 10.7. The fourth-order valence-corrected chi connectivity index (χ4v) is 6.42. The average molecular weight is 554 g/mol. The molecule has 0 aliphatic carbocycles. The predicted octanol–water partition coefficient (Wildman–Crippen LogP) is 8.96. The Morgan fingerprint density at radius 3 is 1.91 bits per heavy atom. The van der Waals surface area contributed by atoms with Gasteiger partial charge in [-0.2, -0.15) is 0 Å². The molecule has 7 heteroatoms. The van der Waals surface area contributed by atoms with Crippen LogP contribution in [0, 0.1) is 0 Å². The molecule has 0 amide bonds. The van der Waals surface area contributed by atoms with Gasteiger partial charge in [-0.15, -0.1) is 0 Å². The fraction of sp³-hybridized carbons (Fsp3) is 0. The van der Waals surface area contributed by atoms with Gasteiger partial charge in [0.1, 0.15) is 45.4 Å². The molecule has 0 N–H and O–H groups in total. The molecule has 7 nitrogen and oxygen atoms in total. The van der Waals surface area contributed by atoms with E-state index in [0.717, 1.165) is 77.4 Å². The van der Waals surface area contributed by atoms with Crippen molar-refractivity contribution >= 4 is 71.6 Å². The molecule has 0 aliphatic heterocycles. The maximum Gasteiger partial charge on any atom is 0.167 e. The molecule has 5 aromatic carbocycles. The maximum atomic E-state index is 6.25. The maximum absolute atomic E-state index is 6.25. The van der Waals surface area contributed by atoms with Gasteiger partial charge >= 0.3 is 0 Å². The first-order chi connectivity index (χ1) is 21.3. The van der Waals surface area contributed by atoms with Crippen molar-refractivity contribution in [2.24, 2.45) is 0 Å². The van der Waals surface area contributed by atoms with Crippen LogP contribution in [0.15, 0.2) is 124 Å². The zero-order valence-corrected chi connectivity index (χ0v) is 22.5. The van der Waals surface area contributed by atoms with E-state index in [1.165, 1.54) is 0 Å². The molecule has 0 fully saturated rings. The number of hydrogen-bond donors (Lipinski definition) is 0. The van der Waals surface area contributed by atoms with Crippen LogP contribution in [0.25, 0.3) is 94.2 Å². The van der Waals surface area contributed by atoms with Crippen LogP contribution >= 0.6 is 0 Å². The van der Waals surface area contributed by atoms with Crippen molar-refractivity contribution < 1.29 is 8.83 Å². The van der Waals surface area contributed by atoms with Crippen LogP contribution in [-0.2, 0) is 0 Å². The lowest BCUT2D eigenvalue weighted by Crippen LogP contribution is -2.00. The standard InChI is InChI=1S/C36H19N5O2/c1-5-15-26-20(9-1)30-22(11-7-17-28(30)42-26)32-33-34(36-38-24-13-3-4-14-25(24)41(36)19-37-33)40-35(39-32)23-12-8-18-29-31(23)21-10-2-6-16-27(21)43-29/h1-19H. The van der Waals surface area contributed by atoms with Crippen molar-refractivity contribution in [1.82, 2.24) is 24.3 Å². The van der Waals surface area contributed by atoms with Gasteiger partial charge in [0.25, 0.3) is 0 Å². The molecule has 0 saturated heterocycles. The molecule has 5 aromatic heterocycles. The molecule has 10 aromatic rings. The summed E-state index contributed by atoms with van der Waals surface area (Å²) in [7, 11) is 0. The summed E-state index contributed by atoms with van der Waals surface area (Å²) in [6.07, 6.45) is 1.82. The van der Waals surface area contributed by atoms with Crippen molar-refractivity contribution in [2.45, 2.75) is 0 Å². The van der Waals surface area contributed by atoms with E-state index in [4.69, 9.17) is 28.8 Å². The van der Waals surface area contributed by atoms with E-state index in [9.17, 15) is 0 Å². The molecule has 5 heterocycles. The number of benzene rings is 5. The van der Waals surface area contributed by atoms with Gasteiger partial charge in [0.15, 0.2) is 11.5 Å². The third kappa shape index (κ3) is 3.08. The lowest BCUT2D eigenvalue weighted by atomic mass is 10.0. The Labute approximate surface area is 242 Å². The van der Waals surface area contributed by atoms with Crippen LogP contribution in [-0.4, -0.2) is 24.3 Å². The van der Waals surface area contributed by atoms with Crippen molar-refractivity contribution in [3.8, 4) is 22.6 Å². The van der Waals surface area contributed by atoms with Gasteiger partial charge in [0.05, 0.1) is 11.0 Å². The molecule has 43 heavy (non-hydrogen) atoms. The van der Waals surface area contributed by atoms with Gasteiger partial charge in [-0.05, 0) is 36.4 Å². The lowest BCUT2D eigenvalue weighted by Gasteiger charge is -2.11. The van der Waals surface area contributed by atoms with Gasteiger partial charge in [-0.3, -0.25) is 4.40 Å². The quantitative estimate of drug-likeness (QED) is 0.212. The summed E-state index contributed by atoms with van der Waals surface area (Å²) in [5.41, 5.74) is 9.68. The Morgan fingerprint density at radius 1 is 0.512 bits per heavy atom. The Bertz CT molecular complexity index is 2750. The third-order valence-corrected chi connectivity index (χ3v) is 8.30. The molecule has 0 bridgehead atoms. The van der Waals surface area contributed by atoms with E-state index in [1.54, 1.807) is 0 Å². The molecular weight excluding hydrogens is 534 g/mol. The molecule has 0 atom stereocenters. The average Bonchev–Trinajstić information content (AvgIpc) is 3.75. The second kappa shape index (κ2) is 8.24. The van der Waals surface area contributed by atoms with Crippen molar-refractivity contribution in [2.75, 3.05) is 0 Å². The number of aromatic nitrogens is 5. The zero-order chi connectivity index (χ0) is 28.1. The summed E-state index contributed by atoms with van der Waals surface area (Å²) in [4.78, 5) is 20.5. The van der Waals surface area contributed by atoms with Crippen LogP contribution in [0.2, 0.25) is 0 Å². The largest absolute Gasteiger partial charge is 0.456 e. The number of para-hydroxylation sites is 4. The molecule has 200 valence electrons. The second-order valence-corrected chi connectivity index (χ2v) is 10.7. The van der Waals surface area contributed by atoms with Crippen LogP contribution in [0.5, 0.6) is 0 Å². The van der Waals surface area contributed by atoms with Gasteiger partial charge in [0, 0.05) is 32.7 Å². The molecule has 10 rings (SSSR count). The van der Waals surface area contributed by atoms with E-state index >= 15 is 0 Å². The van der Waals surface area contributed by atoms with Crippen LogP contribution in [0.4, 0.5) is 0 Å². The minimum atomic E-state index is 0.575. The Morgan fingerprint density at radius 2 is 1.14 bits per heavy atom. The van der Waals surface area contributed by atoms with E-state index in [0.29, 0.717) is 16.9 Å². The van der Waals surface area contributed by atoms with E-state index in [-0.39, 0.29) is 0 Å². The topological polar surface area (TPSA) is 82.2 Å². The van der Waals surface area contributed by atoms with E-state index in [1.807, 2.05) is 95.7 Å². The van der Waals surface area contributed by atoms with Crippen LogP contribution in [0.3, 0.4) is 0 Å². The smallest absolute Gasteiger partial charge is 0.167 e. The molecular formula is C36H19N5O2. The Hall–Kier alpha value is -6.08. The van der Waals surface area contributed by atoms with Gasteiger partial charge < -0.3 is 8.83 Å². The summed E-state index contributed by atoms with van der Waals surface area (Å²) in [5.74, 6) is 0.575. The number of hydrogen-bond acceptors (Lipinski definition) is 6. The Balaban J connectivity index is 1.39. The summed E-state index contributed by atoms with van der Waals surface area (Å²) in [6.45, 7) is 0. The summed E-state index contributed by atoms with van der Waals surface area (Å²) in [5, 5.41) is 4.01. The van der Waals surface area contributed by atoms with Gasteiger partial charge in [-0.25, -0.2) is 19.9 Å². The molecule has 0 saturated carbocycles.